The van der Waals surface area contributed by atoms with E-state index < -0.39 is 11.6 Å². The Balaban J connectivity index is 2.09. The smallest absolute Gasteiger partial charge is 0.151 e. The van der Waals surface area contributed by atoms with E-state index >= 15 is 0 Å². The Bertz CT molecular complexity index is 422. The summed E-state index contributed by atoms with van der Waals surface area (Å²) in [4.78, 5) is 0. The predicted molar refractivity (Wildman–Crippen MR) is 71.9 cm³/mol. The van der Waals surface area contributed by atoms with Crippen LogP contribution in [0.5, 0.6) is 0 Å². The van der Waals surface area contributed by atoms with Crippen LogP contribution in [0.4, 0.5) is 20.2 Å². The van der Waals surface area contributed by atoms with Gasteiger partial charge in [0.25, 0.3) is 0 Å². The molecule has 0 bridgehead atoms. The molecule has 1 saturated carbocycles. The molecule has 1 aromatic rings. The molecule has 3 nitrogen and oxygen atoms in total. The van der Waals surface area contributed by atoms with Gasteiger partial charge in [0.1, 0.15) is 5.69 Å². The fraction of sp³-hybridized carbons (Fsp3) is 0.571. The largest absolute Gasteiger partial charge is 0.399 e. The zero-order valence-electron chi connectivity index (χ0n) is 10.9. The first kappa shape index (κ1) is 14.1. The van der Waals surface area contributed by atoms with Crippen LogP contribution in [0.3, 0.4) is 0 Å². The molecule has 0 radical (unpaired) electrons. The Morgan fingerprint density at radius 2 is 1.74 bits per heavy atom. The maximum Gasteiger partial charge on any atom is 0.151 e. The minimum Gasteiger partial charge on any atom is -0.399 e. The third-order valence-corrected chi connectivity index (χ3v) is 3.95. The van der Waals surface area contributed by atoms with Gasteiger partial charge < -0.3 is 16.2 Å². The zero-order valence-corrected chi connectivity index (χ0v) is 10.9. The van der Waals surface area contributed by atoms with E-state index in [4.69, 9.17) is 5.73 Å². The first-order valence-corrected chi connectivity index (χ1v) is 6.66. The number of aliphatic hydroxyl groups is 1. The van der Waals surface area contributed by atoms with Crippen molar-refractivity contribution in [2.24, 2.45) is 5.41 Å². The van der Waals surface area contributed by atoms with Crippen molar-refractivity contribution in [3.63, 3.8) is 0 Å². The molecular weight excluding hydrogens is 250 g/mol. The quantitative estimate of drug-likeness (QED) is 0.737. The molecule has 0 unspecified atom stereocenters. The van der Waals surface area contributed by atoms with E-state index in [2.05, 4.69) is 5.32 Å². The number of hydrogen-bond donors (Lipinski definition) is 3. The molecule has 1 aliphatic rings. The highest BCUT2D eigenvalue weighted by Gasteiger charge is 2.31. The number of benzene rings is 1. The van der Waals surface area contributed by atoms with Crippen molar-refractivity contribution in [2.75, 3.05) is 24.2 Å². The summed E-state index contributed by atoms with van der Waals surface area (Å²) in [5, 5.41) is 12.4. The number of anilines is 2. The van der Waals surface area contributed by atoms with Gasteiger partial charge in [-0.15, -0.1) is 0 Å². The van der Waals surface area contributed by atoms with Crippen molar-refractivity contribution in [3.05, 3.63) is 23.8 Å². The standard InChI is InChI=1S/C14H20F2N2O/c15-11-6-10(17)7-12(16)13(11)18-8-14(9-19)4-2-1-3-5-14/h6-7,18-19H,1-5,8-9,17H2. The topological polar surface area (TPSA) is 58.3 Å². The van der Waals surface area contributed by atoms with E-state index in [1.54, 1.807) is 0 Å². The summed E-state index contributed by atoms with van der Waals surface area (Å²) in [6, 6.07) is 2.19. The number of nitrogen functional groups attached to an aromatic ring is 1. The van der Waals surface area contributed by atoms with Crippen LogP contribution < -0.4 is 11.1 Å². The van der Waals surface area contributed by atoms with Gasteiger partial charge in [0, 0.05) is 17.6 Å². The highest BCUT2D eigenvalue weighted by Crippen LogP contribution is 2.36. The molecule has 1 aromatic carbocycles. The number of rotatable bonds is 4. The van der Waals surface area contributed by atoms with Crippen LogP contribution in [-0.4, -0.2) is 18.3 Å². The summed E-state index contributed by atoms with van der Waals surface area (Å²) in [5.74, 6) is -1.39. The molecule has 0 atom stereocenters. The fourth-order valence-electron chi connectivity index (χ4n) is 2.73. The Hall–Kier alpha value is -1.36. The molecule has 0 aromatic heterocycles. The van der Waals surface area contributed by atoms with E-state index in [9.17, 15) is 13.9 Å². The van der Waals surface area contributed by atoms with Crippen molar-refractivity contribution in [1.29, 1.82) is 0 Å². The van der Waals surface area contributed by atoms with E-state index in [-0.39, 0.29) is 23.4 Å². The number of hydrogen-bond acceptors (Lipinski definition) is 3. The minimum atomic E-state index is -0.693. The summed E-state index contributed by atoms with van der Waals surface area (Å²) in [6.45, 7) is 0.416. The van der Waals surface area contributed by atoms with Gasteiger partial charge >= 0.3 is 0 Å². The second kappa shape index (κ2) is 5.74. The molecule has 0 heterocycles. The van der Waals surface area contributed by atoms with Crippen LogP contribution in [0.2, 0.25) is 0 Å². The predicted octanol–water partition coefficient (Wildman–Crippen LogP) is 2.90. The maximum atomic E-state index is 13.6. The number of aliphatic hydroxyl groups excluding tert-OH is 1. The first-order valence-electron chi connectivity index (χ1n) is 6.66. The molecule has 4 N–H and O–H groups in total. The maximum absolute atomic E-state index is 13.6. The molecule has 0 amide bonds. The Morgan fingerprint density at radius 3 is 2.26 bits per heavy atom. The average molecular weight is 270 g/mol. The van der Waals surface area contributed by atoms with Crippen molar-refractivity contribution >= 4 is 11.4 Å². The third-order valence-electron chi connectivity index (χ3n) is 3.95. The lowest BCUT2D eigenvalue weighted by molar-refractivity contribution is 0.0942. The molecule has 106 valence electrons. The number of nitrogens with one attached hydrogen (secondary N) is 1. The van der Waals surface area contributed by atoms with Gasteiger partial charge in [-0.2, -0.15) is 0 Å². The van der Waals surface area contributed by atoms with Crippen molar-refractivity contribution in [1.82, 2.24) is 0 Å². The zero-order chi connectivity index (χ0) is 13.9. The normalized spacial score (nSPS) is 18.3. The number of halogens is 2. The minimum absolute atomic E-state index is 0.0399. The van der Waals surface area contributed by atoms with Crippen LogP contribution >= 0.6 is 0 Å². The van der Waals surface area contributed by atoms with Crippen LogP contribution in [0.15, 0.2) is 12.1 Å². The third kappa shape index (κ3) is 3.15. The van der Waals surface area contributed by atoms with Crippen LogP contribution in [0.25, 0.3) is 0 Å². The highest BCUT2D eigenvalue weighted by atomic mass is 19.1. The van der Waals surface area contributed by atoms with E-state index in [1.165, 1.54) is 0 Å². The van der Waals surface area contributed by atoms with E-state index in [0.29, 0.717) is 6.54 Å². The van der Waals surface area contributed by atoms with Gasteiger partial charge in [-0.05, 0) is 25.0 Å². The molecule has 19 heavy (non-hydrogen) atoms. The Kier molecular flexibility index (Phi) is 4.24. The number of nitrogens with two attached hydrogens (primary N) is 1. The molecule has 1 aliphatic carbocycles. The summed E-state index contributed by atoms with van der Waals surface area (Å²) in [6.07, 6.45) is 5.03. The summed E-state index contributed by atoms with van der Waals surface area (Å²) < 4.78 is 27.3. The van der Waals surface area contributed by atoms with Crippen LogP contribution in [0, 0.1) is 17.0 Å². The highest BCUT2D eigenvalue weighted by molar-refractivity contribution is 5.54. The fourth-order valence-corrected chi connectivity index (χ4v) is 2.73. The molecule has 1 fully saturated rings. The van der Waals surface area contributed by atoms with Crippen molar-refractivity contribution in [3.8, 4) is 0 Å². The van der Waals surface area contributed by atoms with E-state index in [1.807, 2.05) is 0 Å². The van der Waals surface area contributed by atoms with Gasteiger partial charge in [-0.25, -0.2) is 8.78 Å². The molecular formula is C14H20F2N2O. The molecule has 5 heteroatoms. The summed E-state index contributed by atoms with van der Waals surface area (Å²) in [7, 11) is 0. The lowest BCUT2D eigenvalue weighted by Crippen LogP contribution is -2.35. The lowest BCUT2D eigenvalue weighted by Gasteiger charge is -2.36. The van der Waals surface area contributed by atoms with Gasteiger partial charge in [0.15, 0.2) is 11.6 Å². The summed E-state index contributed by atoms with van der Waals surface area (Å²) in [5.41, 5.74) is 5.01. The van der Waals surface area contributed by atoms with Crippen LogP contribution in [0.1, 0.15) is 32.1 Å². The second-order valence-corrected chi connectivity index (χ2v) is 5.43. The molecule has 0 saturated heterocycles. The Morgan fingerprint density at radius 1 is 1.16 bits per heavy atom. The van der Waals surface area contributed by atoms with Crippen molar-refractivity contribution < 1.29 is 13.9 Å². The summed E-state index contributed by atoms with van der Waals surface area (Å²) >= 11 is 0. The average Bonchev–Trinajstić information content (AvgIpc) is 2.38. The molecule has 0 spiro atoms. The van der Waals surface area contributed by atoms with Crippen molar-refractivity contribution in [2.45, 2.75) is 32.1 Å². The monoisotopic (exact) mass is 270 g/mol. The lowest BCUT2D eigenvalue weighted by atomic mass is 9.74. The van der Waals surface area contributed by atoms with E-state index in [0.717, 1.165) is 44.2 Å². The molecule has 2 rings (SSSR count). The van der Waals surface area contributed by atoms with Gasteiger partial charge in [0.05, 0.1) is 6.61 Å². The Labute approximate surface area is 111 Å². The van der Waals surface area contributed by atoms with Gasteiger partial charge in [-0.3, -0.25) is 0 Å². The first-order chi connectivity index (χ1) is 9.06. The van der Waals surface area contributed by atoms with Gasteiger partial charge in [0.2, 0.25) is 0 Å². The van der Waals surface area contributed by atoms with Crippen LogP contribution in [-0.2, 0) is 0 Å². The molecule has 0 aliphatic heterocycles. The second-order valence-electron chi connectivity index (χ2n) is 5.43. The SMILES string of the molecule is Nc1cc(F)c(NCC2(CO)CCCCC2)c(F)c1. The van der Waals surface area contributed by atoms with Gasteiger partial charge in [-0.1, -0.05) is 19.3 Å².